The van der Waals surface area contributed by atoms with Gasteiger partial charge in [-0.2, -0.15) is 0 Å². The van der Waals surface area contributed by atoms with E-state index in [4.69, 9.17) is 47.4 Å². The van der Waals surface area contributed by atoms with Gasteiger partial charge in [-0.15, -0.1) is 0 Å². The van der Waals surface area contributed by atoms with Gasteiger partial charge in [-0.25, -0.2) is 19.2 Å². The number of benzene rings is 4. The third kappa shape index (κ3) is 14.8. The van der Waals surface area contributed by atoms with E-state index in [0.717, 1.165) is 44.9 Å². The molecule has 514 valence electrons. The Morgan fingerprint density at radius 2 is 1.01 bits per heavy atom. The van der Waals surface area contributed by atoms with Crippen LogP contribution in [-0.4, -0.2) is 116 Å². The van der Waals surface area contributed by atoms with Crippen molar-refractivity contribution in [3.63, 3.8) is 0 Å². The van der Waals surface area contributed by atoms with Crippen LogP contribution in [0.3, 0.4) is 0 Å². The molecule has 7 aliphatic rings. The smallest absolute Gasteiger partial charge is 0.338 e. The van der Waals surface area contributed by atoms with Gasteiger partial charge < -0.3 is 47.4 Å². The van der Waals surface area contributed by atoms with Gasteiger partial charge in [0.05, 0.1) is 59.4 Å². The Kier molecular flexibility index (Phi) is 22.4. The molecule has 4 aliphatic carbocycles. The van der Waals surface area contributed by atoms with Gasteiger partial charge in [0.1, 0.15) is 23.8 Å². The molecule has 0 spiro atoms. The molecule has 95 heavy (non-hydrogen) atoms. The molecule has 16 nitrogen and oxygen atoms in total. The first-order chi connectivity index (χ1) is 45.6. The summed E-state index contributed by atoms with van der Waals surface area (Å²) in [6.07, 6.45) is 1.50. The normalized spacial score (nSPS) is 37.4. The lowest BCUT2D eigenvalue weighted by Crippen LogP contribution is -2.60. The summed E-state index contributed by atoms with van der Waals surface area (Å²) in [6.45, 7) is 23.2. The second-order valence-corrected chi connectivity index (χ2v) is 29.7. The predicted molar refractivity (Wildman–Crippen MR) is 355 cm³/mol. The lowest BCUT2D eigenvalue weighted by Gasteiger charge is -2.61. The van der Waals surface area contributed by atoms with Gasteiger partial charge in [-0.05, 0) is 166 Å². The Morgan fingerprint density at radius 1 is 0.516 bits per heavy atom. The highest BCUT2D eigenvalue weighted by molar-refractivity contribution is 5.93. The number of Topliss-reactive ketones (excluding diaryl/α,β-unsaturated/α-hetero) is 2. The van der Waals surface area contributed by atoms with Crippen LogP contribution in [0.25, 0.3) is 0 Å². The number of hydrogen-bond acceptors (Lipinski definition) is 16. The SMILES string of the molecule is CCC1O[C@@H](OC[C@@H](C)CCC(=O)[C@@H](C)C2C(=O)CC3C4CCC5CC(O[C@@H]6OC(CC)[C@H](O[C@@H]7OC(C)[C@H](C)[C@@H](OC(=O)c8ccccc8)C7OC(=O)c7ccccc7)[C@H](C)C6C)CCC5(C)C4CCC32C)C(OC(=O)c2ccccc2)[C@@H](OC(=O)c2ccccc2)[C@H]1C. The van der Waals surface area contributed by atoms with Gasteiger partial charge in [0.25, 0.3) is 0 Å². The highest BCUT2D eigenvalue weighted by Gasteiger charge is 2.64. The standard InChI is InChI=1S/C79H102O16/c1-12-63-50(8)68(92-72(83)53-28-20-15-21-29-53)69(93-73(84)54-30-22-16-23-31-54)76(89-63)86-44-45(3)34-37-61(80)49(7)65-62(81)43-60-58-36-35-56-42-57(38-40-78(56,10)59(58)39-41-79(60,65)11)88-75-47(5)46(4)66(64(13-2)90-75)95-77-70(94-74(85)55-32-24-17-25-33-55)67(48(6)51(9)87-77)91-71(82)52-26-18-14-19-27-52/h14-33,45-51,56-60,63-70,75-77H,12-13,34-44H2,1-11H3/t45-,46+,47?,48-,49+,50-,51?,56?,57?,58?,59?,60?,63?,64?,65?,66+,67+,68-,69?,70?,75+,76+,77-,78?,79?/m0/s1. The van der Waals surface area contributed by atoms with Crippen LogP contribution in [0.5, 0.6) is 0 Å². The van der Waals surface area contributed by atoms with Crippen LogP contribution in [-0.2, 0) is 57.0 Å². The molecule has 4 aromatic rings. The average molecular weight is 1310 g/mol. The Morgan fingerprint density at radius 3 is 1.55 bits per heavy atom. The summed E-state index contributed by atoms with van der Waals surface area (Å²) in [5.41, 5.74) is 1.30. The third-order valence-electron chi connectivity index (χ3n) is 24.1. The Bertz CT molecular complexity index is 3250. The highest BCUT2D eigenvalue weighted by Crippen LogP contribution is 2.68. The molecule has 7 fully saturated rings. The number of esters is 4. The fourth-order valence-corrected chi connectivity index (χ4v) is 18.0. The zero-order valence-electron chi connectivity index (χ0n) is 57.6. The van der Waals surface area contributed by atoms with Crippen molar-refractivity contribution < 1.29 is 76.1 Å². The number of ether oxygens (including phenoxy) is 10. The van der Waals surface area contributed by atoms with E-state index in [-0.39, 0.29) is 88.7 Å². The van der Waals surface area contributed by atoms with Crippen molar-refractivity contribution in [1.29, 1.82) is 0 Å². The van der Waals surface area contributed by atoms with Crippen molar-refractivity contribution in [2.45, 2.75) is 227 Å². The van der Waals surface area contributed by atoms with Gasteiger partial charge in [-0.3, -0.25) is 9.59 Å². The van der Waals surface area contributed by atoms with Crippen LogP contribution in [0.1, 0.15) is 195 Å². The van der Waals surface area contributed by atoms with E-state index >= 15 is 0 Å². The highest BCUT2D eigenvalue weighted by atomic mass is 16.7. The number of hydrogen-bond donors (Lipinski definition) is 0. The molecule has 11 rings (SSSR count). The van der Waals surface area contributed by atoms with Gasteiger partial charge in [-0.1, -0.05) is 142 Å². The van der Waals surface area contributed by atoms with Gasteiger partial charge in [0, 0.05) is 42.4 Å². The maximum absolute atomic E-state index is 14.5. The second-order valence-electron chi connectivity index (χ2n) is 29.7. The lowest BCUT2D eigenvalue weighted by molar-refractivity contribution is -0.339. The fraction of sp³-hybridized carbons (Fsp3) is 0.620. The van der Waals surface area contributed by atoms with Gasteiger partial charge in [0.2, 0.25) is 0 Å². The van der Waals surface area contributed by atoms with Crippen molar-refractivity contribution in [3.05, 3.63) is 144 Å². The number of ketones is 2. The largest absolute Gasteiger partial charge is 0.454 e. The lowest BCUT2D eigenvalue weighted by atomic mass is 9.44. The van der Waals surface area contributed by atoms with Crippen LogP contribution >= 0.6 is 0 Å². The van der Waals surface area contributed by atoms with Crippen molar-refractivity contribution in [1.82, 2.24) is 0 Å². The fourth-order valence-electron chi connectivity index (χ4n) is 18.0. The Hall–Kier alpha value is -6.14. The van der Waals surface area contributed by atoms with E-state index in [9.17, 15) is 28.8 Å². The zero-order valence-corrected chi connectivity index (χ0v) is 57.6. The predicted octanol–water partition coefficient (Wildman–Crippen LogP) is 14.7. The van der Waals surface area contributed by atoms with E-state index in [1.54, 1.807) is 97.1 Å². The molecular weight excluding hydrogens is 1200 g/mol. The van der Waals surface area contributed by atoms with E-state index in [1.165, 1.54) is 0 Å². The van der Waals surface area contributed by atoms with Crippen LogP contribution in [0, 0.1) is 75.9 Å². The van der Waals surface area contributed by atoms with Crippen LogP contribution < -0.4 is 0 Å². The molecular formula is C79H102O16. The maximum atomic E-state index is 14.5. The van der Waals surface area contributed by atoms with Crippen molar-refractivity contribution >= 4 is 35.4 Å². The van der Waals surface area contributed by atoms with Gasteiger partial charge >= 0.3 is 23.9 Å². The first kappa shape index (κ1) is 70.2. The third-order valence-corrected chi connectivity index (χ3v) is 24.1. The monoisotopic (exact) mass is 1310 g/mol. The van der Waals surface area contributed by atoms with Crippen LogP contribution in [0.15, 0.2) is 121 Å². The van der Waals surface area contributed by atoms with Crippen molar-refractivity contribution in [2.75, 3.05) is 6.61 Å². The van der Waals surface area contributed by atoms with E-state index < -0.39 is 85.3 Å². The minimum absolute atomic E-state index is 0.0148. The Balaban J connectivity index is 0.690. The van der Waals surface area contributed by atoms with E-state index in [0.29, 0.717) is 72.1 Å². The molecule has 16 heteroatoms. The summed E-state index contributed by atoms with van der Waals surface area (Å²) in [7, 11) is 0. The molecule has 14 unspecified atom stereocenters. The number of fused-ring (bicyclic) bond motifs is 5. The number of carbonyl (C=O) groups excluding carboxylic acids is 6. The molecule has 3 aliphatic heterocycles. The molecule has 4 saturated carbocycles. The second kappa shape index (κ2) is 30.3. The summed E-state index contributed by atoms with van der Waals surface area (Å²) in [5.74, 6) is -1.96. The zero-order chi connectivity index (χ0) is 67.5. The minimum Gasteiger partial charge on any atom is -0.454 e. The molecule has 0 bridgehead atoms. The van der Waals surface area contributed by atoms with Crippen LogP contribution in [0.2, 0.25) is 0 Å². The van der Waals surface area contributed by atoms with Crippen molar-refractivity contribution in [3.8, 4) is 0 Å². The first-order valence-electron chi connectivity index (χ1n) is 35.6. The molecule has 25 atom stereocenters. The number of rotatable bonds is 22. The molecule has 0 aromatic heterocycles. The quantitative estimate of drug-likeness (QED) is 0.0409. The van der Waals surface area contributed by atoms with Gasteiger partial charge in [0.15, 0.2) is 31.1 Å². The molecule has 4 aromatic carbocycles. The van der Waals surface area contributed by atoms with E-state index in [1.807, 2.05) is 65.8 Å². The summed E-state index contributed by atoms with van der Waals surface area (Å²) < 4.78 is 65.6. The van der Waals surface area contributed by atoms with Crippen molar-refractivity contribution in [2.24, 2.45) is 75.9 Å². The molecule has 3 saturated heterocycles. The summed E-state index contributed by atoms with van der Waals surface area (Å²) in [5, 5.41) is 0. The number of carbonyl (C=O) groups is 6. The Labute approximate surface area is 562 Å². The first-order valence-corrected chi connectivity index (χ1v) is 35.6. The molecule has 0 amide bonds. The molecule has 0 radical (unpaired) electrons. The minimum atomic E-state index is -1.08. The summed E-state index contributed by atoms with van der Waals surface area (Å²) >= 11 is 0. The van der Waals surface area contributed by atoms with Crippen LogP contribution in [0.4, 0.5) is 0 Å². The summed E-state index contributed by atoms with van der Waals surface area (Å²) in [6, 6.07) is 34.9. The topological polar surface area (TPSA) is 195 Å². The summed E-state index contributed by atoms with van der Waals surface area (Å²) in [4.78, 5) is 83.7. The van der Waals surface area contributed by atoms with E-state index in [2.05, 4.69) is 34.6 Å². The molecule has 3 heterocycles. The molecule has 0 N–H and O–H groups in total. The average Bonchev–Trinajstić information content (AvgIpc) is 1.65. The maximum Gasteiger partial charge on any atom is 0.338 e.